The van der Waals surface area contributed by atoms with E-state index in [1.54, 1.807) is 35.2 Å². The molecule has 1 fully saturated rings. The van der Waals surface area contributed by atoms with Crippen molar-refractivity contribution >= 4 is 29.0 Å². The van der Waals surface area contributed by atoms with Gasteiger partial charge in [-0.3, -0.25) is 15.0 Å². The monoisotopic (exact) mass is 359 g/mol. The number of fused-ring (bicyclic) bond motifs is 4. The lowest BCUT2D eigenvalue weighted by atomic mass is 9.90. The second kappa shape index (κ2) is 5.35. The van der Waals surface area contributed by atoms with Crippen LogP contribution in [0.25, 0.3) is 0 Å². The van der Waals surface area contributed by atoms with E-state index < -0.39 is 10.6 Å². The van der Waals surface area contributed by atoms with Gasteiger partial charge in [-0.15, -0.1) is 0 Å². The average molecular weight is 360 g/mol. The third-order valence-corrected chi connectivity index (χ3v) is 4.80. The van der Waals surface area contributed by atoms with Crippen molar-refractivity contribution < 1.29 is 14.5 Å². The molecule has 2 atom stereocenters. The van der Waals surface area contributed by atoms with E-state index >= 15 is 0 Å². The van der Waals surface area contributed by atoms with Crippen molar-refractivity contribution in [1.82, 2.24) is 5.32 Å². The molecule has 1 N–H and O–H groups in total. The molecule has 2 aliphatic heterocycles. The van der Waals surface area contributed by atoms with Gasteiger partial charge in [0.25, 0.3) is 5.69 Å². The second-order valence-corrected chi connectivity index (χ2v) is 6.71. The van der Waals surface area contributed by atoms with Crippen molar-refractivity contribution in [3.05, 3.63) is 63.2 Å². The van der Waals surface area contributed by atoms with Crippen LogP contribution in [0.5, 0.6) is 5.75 Å². The number of amides is 2. The molecule has 2 amide bonds. The number of nitro groups is 1. The predicted molar refractivity (Wildman–Crippen MR) is 92.0 cm³/mol. The summed E-state index contributed by atoms with van der Waals surface area (Å²) in [7, 11) is 0. The van der Waals surface area contributed by atoms with Gasteiger partial charge in [-0.2, -0.15) is 0 Å². The second-order valence-electron chi connectivity index (χ2n) is 6.27. The lowest BCUT2D eigenvalue weighted by Gasteiger charge is -2.50. The van der Waals surface area contributed by atoms with Crippen LogP contribution in [0.15, 0.2) is 42.5 Å². The smallest absolute Gasteiger partial charge is 0.325 e. The first-order valence-electron chi connectivity index (χ1n) is 7.71. The van der Waals surface area contributed by atoms with Crippen molar-refractivity contribution in [2.24, 2.45) is 0 Å². The summed E-state index contributed by atoms with van der Waals surface area (Å²) in [4.78, 5) is 24.8. The molecule has 128 valence electrons. The highest BCUT2D eigenvalue weighted by Crippen LogP contribution is 2.46. The molecular formula is C17H14ClN3O4. The number of nitrogens with zero attached hydrogens (tertiary/aromatic N) is 2. The Labute approximate surface area is 148 Å². The molecule has 0 aromatic heterocycles. The zero-order valence-corrected chi connectivity index (χ0v) is 14.0. The zero-order chi connectivity index (χ0) is 17.8. The van der Waals surface area contributed by atoms with Crippen molar-refractivity contribution in [3.8, 4) is 5.75 Å². The summed E-state index contributed by atoms with van der Waals surface area (Å²) in [6.45, 7) is 1.83. The Morgan fingerprint density at radius 2 is 2.04 bits per heavy atom. The van der Waals surface area contributed by atoms with Gasteiger partial charge in [-0.1, -0.05) is 11.6 Å². The maximum absolute atomic E-state index is 12.7. The topological polar surface area (TPSA) is 84.7 Å². The Kier molecular flexibility index (Phi) is 3.36. The van der Waals surface area contributed by atoms with E-state index in [-0.39, 0.29) is 17.8 Å². The lowest BCUT2D eigenvalue weighted by Crippen LogP contribution is -2.65. The van der Waals surface area contributed by atoms with Crippen LogP contribution in [0.2, 0.25) is 5.02 Å². The van der Waals surface area contributed by atoms with Crippen LogP contribution in [0.1, 0.15) is 24.9 Å². The third-order valence-electron chi connectivity index (χ3n) is 4.55. The number of rotatable bonds is 2. The molecule has 0 saturated carbocycles. The molecule has 2 aliphatic rings. The van der Waals surface area contributed by atoms with Crippen LogP contribution < -0.4 is 15.0 Å². The molecule has 0 spiro atoms. The summed E-state index contributed by atoms with van der Waals surface area (Å²) in [5.41, 5.74) is 0.355. The number of carbonyl (C=O) groups is 1. The Morgan fingerprint density at radius 1 is 1.32 bits per heavy atom. The maximum Gasteiger partial charge on any atom is 0.325 e. The first kappa shape index (κ1) is 15.7. The molecule has 0 unspecified atom stereocenters. The number of non-ortho nitro benzene ring substituents is 1. The fraction of sp³-hybridized carbons (Fsp3) is 0.235. The van der Waals surface area contributed by atoms with Gasteiger partial charge in [0.05, 0.1) is 11.0 Å². The Bertz CT molecular complexity index is 886. The van der Waals surface area contributed by atoms with Gasteiger partial charge >= 0.3 is 6.03 Å². The first-order valence-corrected chi connectivity index (χ1v) is 8.09. The van der Waals surface area contributed by atoms with Crippen LogP contribution in [0.4, 0.5) is 16.2 Å². The van der Waals surface area contributed by atoms with Crippen LogP contribution in [-0.4, -0.2) is 16.7 Å². The first-order chi connectivity index (χ1) is 11.9. The quantitative estimate of drug-likeness (QED) is 0.648. The Morgan fingerprint density at radius 3 is 2.72 bits per heavy atom. The fourth-order valence-corrected chi connectivity index (χ4v) is 3.58. The van der Waals surface area contributed by atoms with Crippen LogP contribution in [0, 0.1) is 10.1 Å². The molecule has 7 nitrogen and oxygen atoms in total. The van der Waals surface area contributed by atoms with Gasteiger partial charge in [0.2, 0.25) is 0 Å². The number of hydrogen-bond acceptors (Lipinski definition) is 4. The number of urea groups is 1. The van der Waals surface area contributed by atoms with E-state index in [1.807, 2.05) is 6.92 Å². The van der Waals surface area contributed by atoms with Gasteiger partial charge in [-0.25, -0.2) is 4.79 Å². The molecule has 4 rings (SSSR count). The maximum atomic E-state index is 12.7. The molecule has 2 aromatic carbocycles. The minimum Gasteiger partial charge on any atom is -0.467 e. The van der Waals surface area contributed by atoms with Crippen molar-refractivity contribution in [2.75, 3.05) is 4.90 Å². The van der Waals surface area contributed by atoms with Gasteiger partial charge in [0.1, 0.15) is 5.75 Å². The highest BCUT2D eigenvalue weighted by molar-refractivity contribution is 6.30. The number of nitrogens with one attached hydrogen (secondary N) is 1. The molecular weight excluding hydrogens is 346 g/mol. The van der Waals surface area contributed by atoms with E-state index in [0.29, 0.717) is 28.4 Å². The Hall–Kier alpha value is -2.80. The van der Waals surface area contributed by atoms with Crippen molar-refractivity contribution in [1.29, 1.82) is 0 Å². The molecule has 25 heavy (non-hydrogen) atoms. The van der Waals surface area contributed by atoms with Crippen molar-refractivity contribution in [3.63, 3.8) is 0 Å². The summed E-state index contributed by atoms with van der Waals surface area (Å²) in [5.74, 6) is 0.531. The standard InChI is InChI=1S/C17H14ClN3O4/c1-17-9-14(13-8-12(21(23)24)6-7-15(13)25-17)19-16(22)20(17)11-4-2-10(18)3-5-11/h2-8,14H,9H2,1H3,(H,19,22)/t14-,17+/m0/s1. The van der Waals surface area contributed by atoms with Crippen LogP contribution in [0.3, 0.4) is 0 Å². The normalized spacial score (nSPS) is 24.2. The van der Waals surface area contributed by atoms with Crippen LogP contribution >= 0.6 is 11.6 Å². The van der Waals surface area contributed by atoms with Crippen molar-refractivity contribution in [2.45, 2.75) is 25.1 Å². The predicted octanol–water partition coefficient (Wildman–Crippen LogP) is 4.02. The summed E-state index contributed by atoms with van der Waals surface area (Å²) in [6, 6.07) is 10.7. The summed E-state index contributed by atoms with van der Waals surface area (Å²) >= 11 is 5.93. The van der Waals surface area contributed by atoms with E-state index in [0.717, 1.165) is 0 Å². The molecule has 2 aromatic rings. The Balaban J connectivity index is 1.77. The van der Waals surface area contributed by atoms with Crippen LogP contribution in [-0.2, 0) is 0 Å². The largest absolute Gasteiger partial charge is 0.467 e. The molecule has 1 saturated heterocycles. The average Bonchev–Trinajstić information content (AvgIpc) is 2.55. The number of hydrogen-bond donors (Lipinski definition) is 1. The number of ether oxygens (including phenoxy) is 1. The fourth-order valence-electron chi connectivity index (χ4n) is 3.46. The lowest BCUT2D eigenvalue weighted by molar-refractivity contribution is -0.385. The highest BCUT2D eigenvalue weighted by Gasteiger charge is 2.50. The molecule has 2 heterocycles. The van der Waals surface area contributed by atoms with Gasteiger partial charge in [-0.05, 0) is 37.3 Å². The number of benzene rings is 2. The molecule has 2 bridgehead atoms. The van der Waals surface area contributed by atoms with Gasteiger partial charge in [0.15, 0.2) is 5.72 Å². The van der Waals surface area contributed by atoms with E-state index in [4.69, 9.17) is 16.3 Å². The SMILES string of the molecule is C[C@@]12C[C@H](NC(=O)N1c1ccc(Cl)cc1)c1cc([N+](=O)[O-])ccc1O2. The third kappa shape index (κ3) is 2.47. The molecule has 8 heteroatoms. The number of carbonyl (C=O) groups excluding carboxylic acids is 1. The minimum atomic E-state index is -0.899. The van der Waals surface area contributed by atoms with E-state index in [2.05, 4.69) is 5.32 Å². The van der Waals surface area contributed by atoms with E-state index in [9.17, 15) is 14.9 Å². The zero-order valence-electron chi connectivity index (χ0n) is 13.2. The number of nitro benzene ring substituents is 1. The number of anilines is 1. The highest BCUT2D eigenvalue weighted by atomic mass is 35.5. The number of halogens is 1. The summed E-state index contributed by atoms with van der Waals surface area (Å²) < 4.78 is 6.10. The molecule has 0 radical (unpaired) electrons. The van der Waals surface area contributed by atoms with Gasteiger partial charge < -0.3 is 10.1 Å². The summed E-state index contributed by atoms with van der Waals surface area (Å²) in [6.07, 6.45) is 0.468. The molecule has 0 aliphatic carbocycles. The van der Waals surface area contributed by atoms with E-state index in [1.165, 1.54) is 12.1 Å². The summed E-state index contributed by atoms with van der Waals surface area (Å²) in [5, 5.41) is 14.5. The van der Waals surface area contributed by atoms with Gasteiger partial charge in [0, 0.05) is 34.8 Å². The minimum absolute atomic E-state index is 0.0275.